The van der Waals surface area contributed by atoms with Crippen LogP contribution in [0.3, 0.4) is 0 Å². The Kier molecular flexibility index (Phi) is 6.58. The Balaban J connectivity index is 1.55. The smallest absolute Gasteiger partial charge is 0.322 e. The Morgan fingerprint density at radius 1 is 1.03 bits per heavy atom. The Hall–Kier alpha value is -3.55. The second-order valence-electron chi connectivity index (χ2n) is 8.14. The van der Waals surface area contributed by atoms with Gasteiger partial charge < -0.3 is 25.6 Å². The molecule has 8 heteroatoms. The third kappa shape index (κ3) is 4.69. The lowest BCUT2D eigenvalue weighted by atomic mass is 9.85. The fourth-order valence-electron chi connectivity index (χ4n) is 4.57. The lowest BCUT2D eigenvalue weighted by Crippen LogP contribution is -2.68. The van der Waals surface area contributed by atoms with Crippen LogP contribution in [0.2, 0.25) is 0 Å². The van der Waals surface area contributed by atoms with Crippen LogP contribution >= 0.6 is 0 Å². The molecule has 2 aromatic rings. The molecular weight excluding hydrogens is 408 g/mol. The number of methoxy groups -OCH3 is 1. The van der Waals surface area contributed by atoms with Gasteiger partial charge in [-0.3, -0.25) is 9.59 Å². The summed E-state index contributed by atoms with van der Waals surface area (Å²) in [6.07, 6.45) is 3.46. The number of nitrogens with one attached hydrogen (secondary N) is 3. The van der Waals surface area contributed by atoms with Gasteiger partial charge in [0.15, 0.2) is 0 Å². The monoisotopic (exact) mass is 436 g/mol. The number of fused-ring (bicyclic) bond motifs is 1. The minimum absolute atomic E-state index is 0.0914. The molecule has 0 bridgehead atoms. The normalized spacial score (nSPS) is 22.3. The minimum Gasteiger partial charge on any atom is -0.495 e. The van der Waals surface area contributed by atoms with E-state index in [1.165, 1.54) is 7.11 Å². The Morgan fingerprint density at radius 3 is 2.53 bits per heavy atom. The summed E-state index contributed by atoms with van der Waals surface area (Å²) < 4.78 is 5.29. The van der Waals surface area contributed by atoms with Crippen molar-refractivity contribution in [3.8, 4) is 5.75 Å². The molecule has 3 unspecified atom stereocenters. The average Bonchev–Trinajstić information content (AvgIpc) is 2.80. The first-order valence-corrected chi connectivity index (χ1v) is 10.9. The summed E-state index contributed by atoms with van der Waals surface area (Å²) in [5.74, 6) is -0.132. The Labute approximate surface area is 187 Å². The zero-order valence-electron chi connectivity index (χ0n) is 18.0. The average molecular weight is 437 g/mol. The van der Waals surface area contributed by atoms with Crippen molar-refractivity contribution in [2.75, 3.05) is 17.7 Å². The van der Waals surface area contributed by atoms with E-state index >= 15 is 0 Å². The van der Waals surface area contributed by atoms with Crippen LogP contribution < -0.4 is 20.7 Å². The Morgan fingerprint density at radius 2 is 1.75 bits per heavy atom. The molecule has 168 valence electrons. The number of urea groups is 1. The van der Waals surface area contributed by atoms with Crippen molar-refractivity contribution in [3.05, 3.63) is 54.6 Å². The van der Waals surface area contributed by atoms with Gasteiger partial charge in [-0.25, -0.2) is 4.79 Å². The van der Waals surface area contributed by atoms with Gasteiger partial charge in [0, 0.05) is 11.7 Å². The quantitative estimate of drug-likeness (QED) is 0.669. The number of ether oxygens (including phenoxy) is 1. The van der Waals surface area contributed by atoms with Crippen molar-refractivity contribution in [1.29, 1.82) is 0 Å². The highest BCUT2D eigenvalue weighted by molar-refractivity contribution is 6.00. The molecule has 4 rings (SSSR count). The molecule has 0 spiro atoms. The van der Waals surface area contributed by atoms with Crippen LogP contribution in [0.5, 0.6) is 5.75 Å². The van der Waals surface area contributed by atoms with Gasteiger partial charge in [0.2, 0.25) is 11.8 Å². The van der Waals surface area contributed by atoms with E-state index in [2.05, 4.69) is 16.0 Å². The molecule has 8 nitrogen and oxygen atoms in total. The number of para-hydroxylation sites is 3. The summed E-state index contributed by atoms with van der Waals surface area (Å²) in [5.41, 5.74) is 1.17. The molecule has 1 heterocycles. The number of carbonyl (C=O) groups is 3. The lowest BCUT2D eigenvalue weighted by molar-refractivity contribution is -0.135. The third-order valence-electron chi connectivity index (χ3n) is 6.07. The molecule has 4 amide bonds. The van der Waals surface area contributed by atoms with Crippen molar-refractivity contribution in [3.63, 3.8) is 0 Å². The van der Waals surface area contributed by atoms with E-state index in [0.717, 1.165) is 25.7 Å². The molecule has 2 aliphatic rings. The molecule has 3 atom stereocenters. The second kappa shape index (κ2) is 9.72. The highest BCUT2D eigenvalue weighted by Crippen LogP contribution is 2.31. The van der Waals surface area contributed by atoms with Gasteiger partial charge in [-0.2, -0.15) is 0 Å². The van der Waals surface area contributed by atoms with Gasteiger partial charge >= 0.3 is 6.03 Å². The van der Waals surface area contributed by atoms with Crippen molar-refractivity contribution in [2.45, 2.75) is 50.2 Å². The van der Waals surface area contributed by atoms with Crippen LogP contribution in [0.15, 0.2) is 54.6 Å². The summed E-state index contributed by atoms with van der Waals surface area (Å²) in [4.78, 5) is 40.7. The SMILES string of the molecule is COc1ccccc1NC(=O)CC1C(=O)NC2CCCCC2N1C(=O)Nc1ccccc1. The van der Waals surface area contributed by atoms with E-state index in [1.54, 1.807) is 35.2 Å². The van der Waals surface area contributed by atoms with Crippen molar-refractivity contribution < 1.29 is 19.1 Å². The highest BCUT2D eigenvalue weighted by atomic mass is 16.5. The standard InChI is InChI=1S/C24H28N4O4/c1-32-21-14-8-6-12-18(21)26-22(29)15-20-23(30)27-17-11-5-7-13-19(17)28(20)24(31)25-16-9-3-2-4-10-16/h2-4,6,8-10,12,14,17,19-20H,5,7,11,13,15H2,1H3,(H,25,31)(H,26,29)(H,27,30). The summed E-state index contributed by atoms with van der Waals surface area (Å²) >= 11 is 0. The molecule has 32 heavy (non-hydrogen) atoms. The van der Waals surface area contributed by atoms with E-state index in [0.29, 0.717) is 17.1 Å². The number of hydrogen-bond acceptors (Lipinski definition) is 4. The maximum atomic E-state index is 13.3. The molecular formula is C24H28N4O4. The highest BCUT2D eigenvalue weighted by Gasteiger charge is 2.46. The fourth-order valence-corrected chi connectivity index (χ4v) is 4.57. The van der Waals surface area contributed by atoms with Crippen LogP contribution in [0.4, 0.5) is 16.2 Å². The third-order valence-corrected chi connectivity index (χ3v) is 6.07. The largest absolute Gasteiger partial charge is 0.495 e. The number of rotatable bonds is 5. The Bertz CT molecular complexity index is 981. The molecule has 0 radical (unpaired) electrons. The predicted molar refractivity (Wildman–Crippen MR) is 122 cm³/mol. The molecule has 2 aromatic carbocycles. The summed E-state index contributed by atoms with van der Waals surface area (Å²) in [6, 6.07) is 14.7. The number of nitrogens with zero attached hydrogens (tertiary/aromatic N) is 1. The van der Waals surface area contributed by atoms with Gasteiger partial charge in [-0.15, -0.1) is 0 Å². The molecule has 1 saturated carbocycles. The molecule has 3 N–H and O–H groups in total. The summed E-state index contributed by atoms with van der Waals surface area (Å²) in [5, 5.41) is 8.74. The maximum absolute atomic E-state index is 13.3. The lowest BCUT2D eigenvalue weighted by Gasteiger charge is -2.47. The van der Waals surface area contributed by atoms with Crippen molar-refractivity contribution in [2.24, 2.45) is 0 Å². The fraction of sp³-hybridized carbons (Fsp3) is 0.375. The van der Waals surface area contributed by atoms with Crippen LogP contribution in [-0.4, -0.2) is 48.0 Å². The van der Waals surface area contributed by atoms with Gasteiger partial charge in [-0.1, -0.05) is 43.2 Å². The van der Waals surface area contributed by atoms with E-state index in [-0.39, 0.29) is 36.3 Å². The van der Waals surface area contributed by atoms with Gasteiger partial charge in [0.25, 0.3) is 0 Å². The van der Waals surface area contributed by atoms with Gasteiger partial charge in [-0.05, 0) is 37.1 Å². The number of piperazine rings is 1. The van der Waals surface area contributed by atoms with E-state index in [1.807, 2.05) is 24.3 Å². The first-order chi connectivity index (χ1) is 15.6. The van der Waals surface area contributed by atoms with Crippen LogP contribution in [-0.2, 0) is 9.59 Å². The van der Waals surface area contributed by atoms with Crippen LogP contribution in [0.1, 0.15) is 32.1 Å². The number of amides is 4. The molecule has 0 aromatic heterocycles. The number of hydrogen-bond donors (Lipinski definition) is 3. The van der Waals surface area contributed by atoms with E-state index in [9.17, 15) is 14.4 Å². The van der Waals surface area contributed by atoms with Crippen LogP contribution in [0, 0.1) is 0 Å². The van der Waals surface area contributed by atoms with E-state index < -0.39 is 6.04 Å². The first kappa shape index (κ1) is 21.7. The van der Waals surface area contributed by atoms with E-state index in [4.69, 9.17) is 4.74 Å². The van der Waals surface area contributed by atoms with Gasteiger partial charge in [0.05, 0.1) is 25.3 Å². The number of benzene rings is 2. The first-order valence-electron chi connectivity index (χ1n) is 10.9. The predicted octanol–water partition coefficient (Wildman–Crippen LogP) is 3.37. The van der Waals surface area contributed by atoms with Crippen molar-refractivity contribution in [1.82, 2.24) is 10.2 Å². The maximum Gasteiger partial charge on any atom is 0.322 e. The molecule has 1 aliphatic carbocycles. The van der Waals surface area contributed by atoms with Crippen molar-refractivity contribution >= 4 is 29.2 Å². The summed E-state index contributed by atoms with van der Waals surface area (Å²) in [7, 11) is 1.53. The zero-order chi connectivity index (χ0) is 22.5. The topological polar surface area (TPSA) is 99.8 Å². The molecule has 1 aliphatic heterocycles. The van der Waals surface area contributed by atoms with Crippen LogP contribution in [0.25, 0.3) is 0 Å². The minimum atomic E-state index is -0.896. The summed E-state index contributed by atoms with van der Waals surface area (Å²) in [6.45, 7) is 0. The molecule has 1 saturated heterocycles. The van der Waals surface area contributed by atoms with Gasteiger partial charge in [0.1, 0.15) is 11.8 Å². The zero-order valence-corrected chi connectivity index (χ0v) is 18.0. The number of carbonyl (C=O) groups excluding carboxylic acids is 3. The molecule has 2 fully saturated rings. The number of anilines is 2. The second-order valence-corrected chi connectivity index (χ2v) is 8.14.